The Hall–Kier alpha value is -0.560. The van der Waals surface area contributed by atoms with Crippen LogP contribution in [0.3, 0.4) is 0 Å². The van der Waals surface area contributed by atoms with Crippen LogP contribution in [0.15, 0.2) is 0 Å². The predicted molar refractivity (Wildman–Crippen MR) is 49.1 cm³/mol. The van der Waals surface area contributed by atoms with Gasteiger partial charge in [0.15, 0.2) is 0 Å². The van der Waals surface area contributed by atoms with Crippen molar-refractivity contribution in [2.24, 2.45) is 0 Å². The standard InChI is InChI=1S/C10H16O3/c1-3-4-8-5-6-10(2,13-8)9(12)7-11/h1,8-9,11-12H,4-7H2,2H3/t8-,9+,10-/m1/s1. The van der Waals surface area contributed by atoms with Crippen molar-refractivity contribution in [2.45, 2.75) is 44.0 Å². The van der Waals surface area contributed by atoms with Gasteiger partial charge in [0, 0.05) is 6.42 Å². The second kappa shape index (κ2) is 4.10. The number of hydrogen-bond donors (Lipinski definition) is 2. The van der Waals surface area contributed by atoms with Gasteiger partial charge < -0.3 is 14.9 Å². The molecular weight excluding hydrogens is 168 g/mol. The van der Waals surface area contributed by atoms with Gasteiger partial charge in [-0.2, -0.15) is 0 Å². The van der Waals surface area contributed by atoms with E-state index in [1.807, 2.05) is 6.92 Å². The zero-order valence-electron chi connectivity index (χ0n) is 7.86. The first-order chi connectivity index (χ1) is 6.12. The van der Waals surface area contributed by atoms with E-state index < -0.39 is 11.7 Å². The maximum absolute atomic E-state index is 9.48. The Kier molecular flexibility index (Phi) is 3.32. The van der Waals surface area contributed by atoms with Gasteiger partial charge in [0.2, 0.25) is 0 Å². The average molecular weight is 184 g/mol. The molecule has 0 aromatic carbocycles. The van der Waals surface area contributed by atoms with Crippen molar-refractivity contribution >= 4 is 0 Å². The molecule has 0 aromatic rings. The third-order valence-electron chi connectivity index (χ3n) is 2.62. The van der Waals surface area contributed by atoms with Crippen molar-refractivity contribution in [2.75, 3.05) is 6.61 Å². The first kappa shape index (κ1) is 10.5. The molecule has 74 valence electrons. The van der Waals surface area contributed by atoms with Crippen LogP contribution < -0.4 is 0 Å². The summed E-state index contributed by atoms with van der Waals surface area (Å²) in [6.07, 6.45) is 6.58. The van der Waals surface area contributed by atoms with E-state index in [1.165, 1.54) is 0 Å². The summed E-state index contributed by atoms with van der Waals surface area (Å²) in [6, 6.07) is 0. The molecule has 0 saturated carbocycles. The van der Waals surface area contributed by atoms with E-state index in [9.17, 15) is 5.11 Å². The van der Waals surface area contributed by atoms with Crippen LogP contribution in [0.2, 0.25) is 0 Å². The lowest BCUT2D eigenvalue weighted by atomic mass is 9.96. The summed E-state index contributed by atoms with van der Waals surface area (Å²) in [7, 11) is 0. The number of aliphatic hydroxyl groups is 2. The normalized spacial score (nSPS) is 35.7. The molecule has 1 rings (SSSR count). The lowest BCUT2D eigenvalue weighted by molar-refractivity contribution is -0.117. The van der Waals surface area contributed by atoms with Crippen LogP contribution in [-0.2, 0) is 4.74 Å². The Labute approximate surface area is 78.7 Å². The molecule has 1 aliphatic rings. The fourth-order valence-electron chi connectivity index (χ4n) is 1.66. The lowest BCUT2D eigenvalue weighted by Crippen LogP contribution is -2.41. The van der Waals surface area contributed by atoms with Gasteiger partial charge in [-0.05, 0) is 19.8 Å². The van der Waals surface area contributed by atoms with E-state index >= 15 is 0 Å². The van der Waals surface area contributed by atoms with Crippen molar-refractivity contribution in [3.63, 3.8) is 0 Å². The minimum atomic E-state index is -0.810. The molecule has 0 spiro atoms. The largest absolute Gasteiger partial charge is 0.394 e. The maximum atomic E-state index is 9.48. The van der Waals surface area contributed by atoms with Gasteiger partial charge in [0.25, 0.3) is 0 Å². The molecule has 0 radical (unpaired) electrons. The van der Waals surface area contributed by atoms with Crippen LogP contribution in [0.5, 0.6) is 0 Å². The van der Waals surface area contributed by atoms with E-state index in [2.05, 4.69) is 5.92 Å². The number of ether oxygens (including phenoxy) is 1. The van der Waals surface area contributed by atoms with Crippen LogP contribution in [0.25, 0.3) is 0 Å². The lowest BCUT2D eigenvalue weighted by Gasteiger charge is -2.28. The zero-order chi connectivity index (χ0) is 9.90. The van der Waals surface area contributed by atoms with Gasteiger partial charge in [-0.15, -0.1) is 12.3 Å². The molecule has 1 saturated heterocycles. The van der Waals surface area contributed by atoms with E-state index in [-0.39, 0.29) is 12.7 Å². The molecular formula is C10H16O3. The van der Waals surface area contributed by atoms with Gasteiger partial charge >= 0.3 is 0 Å². The summed E-state index contributed by atoms with van der Waals surface area (Å²) in [5.74, 6) is 2.54. The SMILES string of the molecule is C#CC[C@@H]1CC[C@](C)([C@@H](O)CO)O1. The molecule has 0 aromatic heterocycles. The average Bonchev–Trinajstić information content (AvgIpc) is 2.48. The second-order valence-electron chi connectivity index (χ2n) is 3.70. The Morgan fingerprint density at radius 3 is 3.00 bits per heavy atom. The summed E-state index contributed by atoms with van der Waals surface area (Å²) < 4.78 is 5.59. The third kappa shape index (κ3) is 2.22. The number of terminal acetylenes is 1. The summed E-state index contributed by atoms with van der Waals surface area (Å²) in [5.41, 5.74) is -0.615. The van der Waals surface area contributed by atoms with Gasteiger partial charge in [0.1, 0.15) is 6.10 Å². The Morgan fingerprint density at radius 1 is 1.77 bits per heavy atom. The third-order valence-corrected chi connectivity index (χ3v) is 2.62. The Balaban J connectivity index is 2.51. The maximum Gasteiger partial charge on any atom is 0.106 e. The van der Waals surface area contributed by atoms with Crippen molar-refractivity contribution in [3.05, 3.63) is 0 Å². The predicted octanol–water partition coefficient (Wildman–Crippen LogP) is 0.301. The highest BCUT2D eigenvalue weighted by Crippen LogP contribution is 2.33. The van der Waals surface area contributed by atoms with Crippen molar-refractivity contribution in [1.82, 2.24) is 0 Å². The van der Waals surface area contributed by atoms with Gasteiger partial charge in [-0.3, -0.25) is 0 Å². The monoisotopic (exact) mass is 184 g/mol. The fraction of sp³-hybridized carbons (Fsp3) is 0.800. The van der Waals surface area contributed by atoms with E-state index in [0.29, 0.717) is 6.42 Å². The van der Waals surface area contributed by atoms with E-state index in [4.69, 9.17) is 16.3 Å². The molecule has 13 heavy (non-hydrogen) atoms. The summed E-state index contributed by atoms with van der Waals surface area (Å²) in [4.78, 5) is 0. The van der Waals surface area contributed by atoms with Crippen LogP contribution in [0.1, 0.15) is 26.2 Å². The summed E-state index contributed by atoms with van der Waals surface area (Å²) in [6.45, 7) is 1.55. The molecule has 0 amide bonds. The number of hydrogen-bond acceptors (Lipinski definition) is 3. The van der Waals surface area contributed by atoms with Gasteiger partial charge in [-0.25, -0.2) is 0 Å². The Bertz CT molecular complexity index is 209. The highest BCUT2D eigenvalue weighted by molar-refractivity contribution is 4.96. The minimum absolute atomic E-state index is 0.0381. The fourth-order valence-corrected chi connectivity index (χ4v) is 1.66. The summed E-state index contributed by atoms with van der Waals surface area (Å²) in [5, 5.41) is 18.3. The van der Waals surface area contributed by atoms with Gasteiger partial charge in [-0.1, -0.05) is 0 Å². The highest BCUT2D eigenvalue weighted by atomic mass is 16.5. The first-order valence-corrected chi connectivity index (χ1v) is 4.52. The molecule has 0 aliphatic carbocycles. The minimum Gasteiger partial charge on any atom is -0.394 e. The van der Waals surface area contributed by atoms with E-state index in [0.717, 1.165) is 12.8 Å². The quantitative estimate of drug-likeness (QED) is 0.620. The zero-order valence-corrected chi connectivity index (χ0v) is 7.86. The van der Waals surface area contributed by atoms with Crippen molar-refractivity contribution in [1.29, 1.82) is 0 Å². The molecule has 1 fully saturated rings. The smallest absolute Gasteiger partial charge is 0.106 e. The van der Waals surface area contributed by atoms with Crippen LogP contribution in [-0.4, -0.2) is 34.6 Å². The molecule has 3 heteroatoms. The molecule has 3 atom stereocenters. The topological polar surface area (TPSA) is 49.7 Å². The first-order valence-electron chi connectivity index (χ1n) is 4.52. The molecule has 0 unspecified atom stereocenters. The second-order valence-corrected chi connectivity index (χ2v) is 3.70. The van der Waals surface area contributed by atoms with Gasteiger partial charge in [0.05, 0.1) is 18.3 Å². The molecule has 0 bridgehead atoms. The molecule has 1 heterocycles. The summed E-state index contributed by atoms with van der Waals surface area (Å²) >= 11 is 0. The number of aliphatic hydroxyl groups excluding tert-OH is 2. The van der Waals surface area contributed by atoms with E-state index in [1.54, 1.807) is 0 Å². The molecule has 2 N–H and O–H groups in total. The molecule has 3 nitrogen and oxygen atoms in total. The Morgan fingerprint density at radius 2 is 2.46 bits per heavy atom. The number of rotatable bonds is 3. The van der Waals surface area contributed by atoms with Crippen LogP contribution in [0, 0.1) is 12.3 Å². The van der Waals surface area contributed by atoms with Crippen LogP contribution >= 0.6 is 0 Å². The van der Waals surface area contributed by atoms with Crippen molar-refractivity contribution in [3.8, 4) is 12.3 Å². The van der Waals surface area contributed by atoms with Crippen LogP contribution in [0.4, 0.5) is 0 Å². The highest BCUT2D eigenvalue weighted by Gasteiger charge is 2.41. The molecule has 1 aliphatic heterocycles. The van der Waals surface area contributed by atoms with Crippen molar-refractivity contribution < 1.29 is 14.9 Å².